The van der Waals surface area contributed by atoms with Gasteiger partial charge in [-0.3, -0.25) is 4.99 Å². The summed E-state index contributed by atoms with van der Waals surface area (Å²) in [5.74, 6) is 1.19. The highest BCUT2D eigenvalue weighted by molar-refractivity contribution is 9.10. The minimum absolute atomic E-state index is 0.341. The van der Waals surface area contributed by atoms with Crippen molar-refractivity contribution in [1.29, 1.82) is 0 Å². The van der Waals surface area contributed by atoms with Gasteiger partial charge >= 0.3 is 5.97 Å². The fourth-order valence-corrected chi connectivity index (χ4v) is 3.20. The van der Waals surface area contributed by atoms with Crippen molar-refractivity contribution in [3.05, 3.63) is 46.1 Å². The molecule has 1 aromatic heterocycles. The average Bonchev–Trinajstić information content (AvgIpc) is 3.23. The number of benzene rings is 1. The van der Waals surface area contributed by atoms with E-state index in [4.69, 9.17) is 9.15 Å². The molecule has 5 nitrogen and oxygen atoms in total. The number of furan rings is 1. The number of halogens is 1. The number of anilines is 1. The number of nitrogens with zero attached hydrogens (tertiary/aromatic N) is 2. The Bertz CT molecular complexity index is 748. The van der Waals surface area contributed by atoms with Crippen molar-refractivity contribution >= 4 is 39.7 Å². The van der Waals surface area contributed by atoms with E-state index in [1.54, 1.807) is 31.3 Å². The number of rotatable bonds is 5. The molecule has 0 atom stereocenters. The van der Waals surface area contributed by atoms with Crippen LogP contribution in [-0.4, -0.2) is 31.9 Å². The number of hydrogen-bond acceptors (Lipinski definition) is 5. The molecule has 2 aromatic rings. The standard InChI is InChI=1S/C18H19BrN2O3/c1-2-23-18(22)13-6-5-7-14(10-13)20-12-15-11-16(19)17(24-15)21-8-3-4-9-21/h5-7,10-12H,2-4,8-9H2,1H3. The minimum atomic E-state index is -0.341. The summed E-state index contributed by atoms with van der Waals surface area (Å²) in [4.78, 5) is 18.4. The van der Waals surface area contributed by atoms with E-state index in [9.17, 15) is 4.79 Å². The molecule has 1 fully saturated rings. The van der Waals surface area contributed by atoms with Crippen molar-refractivity contribution in [1.82, 2.24) is 0 Å². The fourth-order valence-electron chi connectivity index (χ4n) is 2.64. The number of hydrogen-bond donors (Lipinski definition) is 0. The maximum atomic E-state index is 11.8. The first-order valence-electron chi connectivity index (χ1n) is 8.03. The van der Waals surface area contributed by atoms with Crippen LogP contribution >= 0.6 is 15.9 Å². The number of esters is 1. The zero-order chi connectivity index (χ0) is 16.9. The Balaban J connectivity index is 1.75. The minimum Gasteiger partial charge on any atom is -0.462 e. The molecule has 0 spiro atoms. The van der Waals surface area contributed by atoms with Crippen LogP contribution in [0.1, 0.15) is 35.9 Å². The van der Waals surface area contributed by atoms with Crippen LogP contribution < -0.4 is 4.90 Å². The SMILES string of the molecule is CCOC(=O)c1cccc(N=Cc2cc(Br)c(N3CCCC3)o2)c1. The van der Waals surface area contributed by atoms with E-state index in [1.165, 1.54) is 12.8 Å². The molecule has 3 rings (SSSR count). The van der Waals surface area contributed by atoms with E-state index in [1.807, 2.05) is 12.1 Å². The Morgan fingerprint density at radius 1 is 1.38 bits per heavy atom. The summed E-state index contributed by atoms with van der Waals surface area (Å²) < 4.78 is 11.8. The number of carbonyl (C=O) groups excluding carboxylic acids is 1. The van der Waals surface area contributed by atoms with E-state index in [-0.39, 0.29) is 5.97 Å². The monoisotopic (exact) mass is 390 g/mol. The van der Waals surface area contributed by atoms with Crippen LogP contribution in [0.3, 0.4) is 0 Å². The van der Waals surface area contributed by atoms with E-state index >= 15 is 0 Å². The number of carbonyl (C=O) groups is 1. The van der Waals surface area contributed by atoms with Crippen molar-refractivity contribution in [2.24, 2.45) is 4.99 Å². The first-order valence-corrected chi connectivity index (χ1v) is 8.82. The van der Waals surface area contributed by atoms with Gasteiger partial charge < -0.3 is 14.1 Å². The summed E-state index contributed by atoms with van der Waals surface area (Å²) in [5, 5.41) is 0. The van der Waals surface area contributed by atoms with Crippen molar-refractivity contribution in [3.8, 4) is 0 Å². The topological polar surface area (TPSA) is 55.0 Å². The van der Waals surface area contributed by atoms with Crippen molar-refractivity contribution in [2.75, 3.05) is 24.6 Å². The van der Waals surface area contributed by atoms with Gasteiger partial charge in [-0.15, -0.1) is 0 Å². The zero-order valence-electron chi connectivity index (χ0n) is 13.5. The van der Waals surface area contributed by atoms with Gasteiger partial charge in [0.1, 0.15) is 5.76 Å². The van der Waals surface area contributed by atoms with Gasteiger partial charge in [-0.25, -0.2) is 4.79 Å². The maximum absolute atomic E-state index is 11.8. The lowest BCUT2D eigenvalue weighted by Gasteiger charge is -2.13. The molecule has 0 N–H and O–H groups in total. The van der Waals surface area contributed by atoms with E-state index in [2.05, 4.69) is 25.8 Å². The molecule has 0 aliphatic carbocycles. The molecule has 1 aliphatic heterocycles. The number of aliphatic imine (C=N–C) groups is 1. The van der Waals surface area contributed by atoms with Crippen molar-refractivity contribution in [3.63, 3.8) is 0 Å². The van der Waals surface area contributed by atoms with Gasteiger partial charge in [0.05, 0.1) is 28.5 Å². The van der Waals surface area contributed by atoms with Crippen LogP contribution in [0.15, 0.2) is 44.2 Å². The van der Waals surface area contributed by atoms with Gasteiger partial charge in [-0.05, 0) is 53.9 Å². The van der Waals surface area contributed by atoms with Gasteiger partial charge in [0.15, 0.2) is 0 Å². The average molecular weight is 391 g/mol. The molecule has 1 aromatic carbocycles. The third kappa shape index (κ3) is 3.87. The van der Waals surface area contributed by atoms with E-state index in [0.29, 0.717) is 23.6 Å². The predicted molar refractivity (Wildman–Crippen MR) is 97.5 cm³/mol. The third-order valence-corrected chi connectivity index (χ3v) is 4.35. The molecular weight excluding hydrogens is 372 g/mol. The molecule has 1 aliphatic rings. The molecule has 6 heteroatoms. The first kappa shape index (κ1) is 16.8. The molecule has 0 unspecified atom stereocenters. The van der Waals surface area contributed by atoms with E-state index in [0.717, 1.165) is 23.4 Å². The molecule has 0 amide bonds. The molecule has 1 saturated heterocycles. The van der Waals surface area contributed by atoms with Gasteiger partial charge in [0.2, 0.25) is 5.88 Å². The lowest BCUT2D eigenvalue weighted by atomic mass is 10.2. The van der Waals surface area contributed by atoms with Gasteiger partial charge in [-0.2, -0.15) is 0 Å². The summed E-state index contributed by atoms with van der Waals surface area (Å²) in [7, 11) is 0. The molecule has 2 heterocycles. The fraction of sp³-hybridized carbons (Fsp3) is 0.333. The molecule has 0 radical (unpaired) electrons. The largest absolute Gasteiger partial charge is 0.462 e. The maximum Gasteiger partial charge on any atom is 0.338 e. The predicted octanol–water partition coefficient (Wildman–Crippen LogP) is 4.57. The molecule has 0 saturated carbocycles. The van der Waals surface area contributed by atoms with Gasteiger partial charge in [0, 0.05) is 19.2 Å². The summed E-state index contributed by atoms with van der Waals surface area (Å²) in [6, 6.07) is 8.94. The second-order valence-corrected chi connectivity index (χ2v) is 6.38. The Morgan fingerprint density at radius 3 is 2.92 bits per heavy atom. The summed E-state index contributed by atoms with van der Waals surface area (Å²) in [5.41, 5.74) is 1.17. The molecule has 126 valence electrons. The lowest BCUT2D eigenvalue weighted by molar-refractivity contribution is 0.0526. The summed E-state index contributed by atoms with van der Waals surface area (Å²) >= 11 is 3.54. The summed E-state index contributed by atoms with van der Waals surface area (Å²) in [6.45, 7) is 4.17. The summed E-state index contributed by atoms with van der Waals surface area (Å²) in [6.07, 6.45) is 4.04. The number of ether oxygens (including phenoxy) is 1. The molecule has 24 heavy (non-hydrogen) atoms. The quantitative estimate of drug-likeness (QED) is 0.554. The highest BCUT2D eigenvalue weighted by Gasteiger charge is 2.19. The van der Waals surface area contributed by atoms with Crippen LogP contribution in [0.5, 0.6) is 0 Å². The van der Waals surface area contributed by atoms with Crippen molar-refractivity contribution in [2.45, 2.75) is 19.8 Å². The third-order valence-electron chi connectivity index (χ3n) is 3.78. The van der Waals surface area contributed by atoms with Crippen LogP contribution in [0.2, 0.25) is 0 Å². The highest BCUT2D eigenvalue weighted by Crippen LogP contribution is 2.32. The normalized spacial score (nSPS) is 14.5. The Hall–Kier alpha value is -2.08. The smallest absolute Gasteiger partial charge is 0.338 e. The first-order chi connectivity index (χ1) is 11.7. The van der Waals surface area contributed by atoms with Crippen LogP contribution in [0, 0.1) is 0 Å². The Morgan fingerprint density at radius 2 is 2.17 bits per heavy atom. The Labute approximate surface area is 149 Å². The van der Waals surface area contributed by atoms with Gasteiger partial charge in [0.25, 0.3) is 0 Å². The zero-order valence-corrected chi connectivity index (χ0v) is 15.1. The molecule has 0 bridgehead atoms. The van der Waals surface area contributed by atoms with Crippen LogP contribution in [-0.2, 0) is 4.74 Å². The Kier molecular flexibility index (Phi) is 5.35. The molecular formula is C18H19BrN2O3. The second kappa shape index (κ2) is 7.66. The van der Waals surface area contributed by atoms with Gasteiger partial charge in [-0.1, -0.05) is 6.07 Å². The second-order valence-electron chi connectivity index (χ2n) is 5.53. The van der Waals surface area contributed by atoms with Crippen molar-refractivity contribution < 1.29 is 13.9 Å². The lowest BCUT2D eigenvalue weighted by Crippen LogP contribution is -2.17. The van der Waals surface area contributed by atoms with Crippen LogP contribution in [0.25, 0.3) is 0 Å². The van der Waals surface area contributed by atoms with E-state index < -0.39 is 0 Å². The van der Waals surface area contributed by atoms with Crippen LogP contribution in [0.4, 0.5) is 11.6 Å². The highest BCUT2D eigenvalue weighted by atomic mass is 79.9.